The molecule has 4 nitrogen and oxygen atoms in total. The third kappa shape index (κ3) is 4.10. The van der Waals surface area contributed by atoms with Gasteiger partial charge in [0.2, 0.25) is 0 Å². The van der Waals surface area contributed by atoms with Crippen LogP contribution in [0, 0.1) is 11.6 Å². The Labute approximate surface area is 143 Å². The zero-order valence-electron chi connectivity index (χ0n) is 12.8. The van der Waals surface area contributed by atoms with Gasteiger partial charge in [0.1, 0.15) is 0 Å². The Morgan fingerprint density at radius 2 is 1.79 bits per heavy atom. The van der Waals surface area contributed by atoms with E-state index in [0.717, 1.165) is 18.4 Å². The van der Waals surface area contributed by atoms with E-state index in [9.17, 15) is 22.0 Å². The van der Waals surface area contributed by atoms with Crippen LogP contribution in [0.25, 0.3) is 0 Å². The van der Waals surface area contributed by atoms with Crippen LogP contribution in [0.2, 0.25) is 5.02 Å². The molecule has 1 atom stereocenters. The zero-order chi connectivity index (χ0) is 18.1. The van der Waals surface area contributed by atoms with Crippen molar-refractivity contribution in [3.63, 3.8) is 0 Å². The third-order valence-electron chi connectivity index (χ3n) is 3.38. The number of hydrogen-bond donors (Lipinski definition) is 1. The number of hydrogen-bond acceptors (Lipinski definition) is 3. The molecule has 128 valence electrons. The van der Waals surface area contributed by atoms with E-state index in [4.69, 9.17) is 11.6 Å². The second-order valence-electron chi connectivity index (χ2n) is 5.29. The normalized spacial score (nSPS) is 12.7. The lowest BCUT2D eigenvalue weighted by Gasteiger charge is -2.15. The average Bonchev–Trinajstić information content (AvgIpc) is 2.49. The standard InChI is InChI=1S/C16H14ClF2NO3S/c1-9(10-4-6-13(18)14(19)7-10)20-16(21)11-3-5-12(17)15(8-11)24(2,22)23/h3-9H,1-2H3,(H,20,21). The maximum Gasteiger partial charge on any atom is 0.251 e. The number of halogens is 3. The van der Waals surface area contributed by atoms with Gasteiger partial charge in [0.25, 0.3) is 5.91 Å². The molecule has 1 N–H and O–H groups in total. The maximum atomic E-state index is 13.3. The Hall–Kier alpha value is -1.99. The summed E-state index contributed by atoms with van der Waals surface area (Å²) in [7, 11) is -3.58. The maximum absolute atomic E-state index is 13.3. The first-order valence-corrected chi connectivity index (χ1v) is 9.12. The molecular weight excluding hydrogens is 360 g/mol. The lowest BCUT2D eigenvalue weighted by atomic mass is 10.1. The molecule has 0 aliphatic carbocycles. The van der Waals surface area contributed by atoms with Crippen molar-refractivity contribution in [1.82, 2.24) is 5.32 Å². The fourth-order valence-corrected chi connectivity index (χ4v) is 3.38. The molecule has 1 unspecified atom stereocenters. The Morgan fingerprint density at radius 1 is 1.12 bits per heavy atom. The predicted molar refractivity (Wildman–Crippen MR) is 86.8 cm³/mol. The molecule has 0 saturated carbocycles. The van der Waals surface area contributed by atoms with Crippen LogP contribution in [-0.4, -0.2) is 20.6 Å². The molecule has 1 amide bonds. The first kappa shape index (κ1) is 18.4. The van der Waals surface area contributed by atoms with Crippen LogP contribution >= 0.6 is 11.6 Å². The lowest BCUT2D eigenvalue weighted by Crippen LogP contribution is -2.27. The predicted octanol–water partition coefficient (Wildman–Crippen LogP) is 3.51. The average molecular weight is 374 g/mol. The number of sulfone groups is 1. The summed E-state index contributed by atoms with van der Waals surface area (Å²) in [6, 6.07) is 6.57. The van der Waals surface area contributed by atoms with Crippen LogP contribution in [0.5, 0.6) is 0 Å². The fourth-order valence-electron chi connectivity index (χ4n) is 2.07. The van der Waals surface area contributed by atoms with E-state index in [0.29, 0.717) is 5.56 Å². The van der Waals surface area contributed by atoms with E-state index in [1.165, 1.54) is 24.3 Å². The SMILES string of the molecule is CC(NC(=O)c1ccc(Cl)c(S(C)(=O)=O)c1)c1ccc(F)c(F)c1. The van der Waals surface area contributed by atoms with E-state index in [1.807, 2.05) is 0 Å². The molecule has 2 aromatic rings. The van der Waals surface area contributed by atoms with Crippen LogP contribution in [0.4, 0.5) is 8.78 Å². The molecule has 2 aromatic carbocycles. The molecule has 0 aromatic heterocycles. The smallest absolute Gasteiger partial charge is 0.251 e. The Bertz CT molecular complexity index is 900. The van der Waals surface area contributed by atoms with Crippen molar-refractivity contribution in [2.75, 3.05) is 6.26 Å². The highest BCUT2D eigenvalue weighted by molar-refractivity contribution is 7.90. The van der Waals surface area contributed by atoms with E-state index >= 15 is 0 Å². The minimum Gasteiger partial charge on any atom is -0.346 e. The van der Waals surface area contributed by atoms with Gasteiger partial charge >= 0.3 is 0 Å². The summed E-state index contributed by atoms with van der Waals surface area (Å²) in [5.74, 6) is -2.55. The lowest BCUT2D eigenvalue weighted by molar-refractivity contribution is 0.0939. The van der Waals surface area contributed by atoms with Gasteiger partial charge in [0.15, 0.2) is 21.5 Å². The van der Waals surface area contributed by atoms with E-state index in [-0.39, 0.29) is 15.5 Å². The number of nitrogens with one attached hydrogen (secondary N) is 1. The van der Waals surface area contributed by atoms with Gasteiger partial charge in [0.05, 0.1) is 16.0 Å². The van der Waals surface area contributed by atoms with Gasteiger partial charge in [-0.25, -0.2) is 17.2 Å². The minimum atomic E-state index is -3.58. The molecule has 2 rings (SSSR count). The van der Waals surface area contributed by atoms with Crippen molar-refractivity contribution in [2.45, 2.75) is 17.9 Å². The summed E-state index contributed by atoms with van der Waals surface area (Å²) in [5, 5.41) is 2.61. The summed E-state index contributed by atoms with van der Waals surface area (Å²) in [4.78, 5) is 12.1. The number of rotatable bonds is 4. The van der Waals surface area contributed by atoms with Crippen molar-refractivity contribution in [3.8, 4) is 0 Å². The van der Waals surface area contributed by atoms with Crippen LogP contribution in [-0.2, 0) is 9.84 Å². The van der Waals surface area contributed by atoms with E-state index in [2.05, 4.69) is 5.32 Å². The second-order valence-corrected chi connectivity index (χ2v) is 7.68. The molecule has 0 fully saturated rings. The van der Waals surface area contributed by atoms with Gasteiger partial charge in [-0.15, -0.1) is 0 Å². The Morgan fingerprint density at radius 3 is 2.38 bits per heavy atom. The van der Waals surface area contributed by atoms with Crippen molar-refractivity contribution in [1.29, 1.82) is 0 Å². The van der Waals surface area contributed by atoms with Gasteiger partial charge in [-0.05, 0) is 42.8 Å². The fraction of sp³-hybridized carbons (Fsp3) is 0.188. The Balaban J connectivity index is 2.25. The second kappa shape index (κ2) is 6.86. The van der Waals surface area contributed by atoms with Crippen LogP contribution in [0.15, 0.2) is 41.3 Å². The summed E-state index contributed by atoms with van der Waals surface area (Å²) >= 11 is 5.83. The van der Waals surface area contributed by atoms with Gasteiger partial charge < -0.3 is 5.32 Å². The quantitative estimate of drug-likeness (QED) is 0.892. The molecule has 0 aliphatic rings. The first-order chi connectivity index (χ1) is 11.1. The Kier molecular flexibility index (Phi) is 5.25. The molecule has 8 heteroatoms. The molecule has 0 heterocycles. The van der Waals surface area contributed by atoms with Gasteiger partial charge in [0, 0.05) is 11.8 Å². The zero-order valence-corrected chi connectivity index (χ0v) is 14.4. The highest BCUT2D eigenvalue weighted by Crippen LogP contribution is 2.23. The van der Waals surface area contributed by atoms with Crippen LogP contribution in [0.1, 0.15) is 28.9 Å². The summed E-state index contributed by atoms with van der Waals surface area (Å²) in [6.07, 6.45) is 0.986. The number of carbonyl (C=O) groups is 1. The topological polar surface area (TPSA) is 63.2 Å². The molecular formula is C16H14ClF2NO3S. The van der Waals surface area contributed by atoms with Gasteiger partial charge in [-0.1, -0.05) is 17.7 Å². The summed E-state index contributed by atoms with van der Waals surface area (Å²) in [5.41, 5.74) is 0.466. The number of benzene rings is 2. The molecule has 0 bridgehead atoms. The van der Waals surface area contributed by atoms with Crippen LogP contribution in [0.3, 0.4) is 0 Å². The summed E-state index contributed by atoms with van der Waals surface area (Å²) < 4.78 is 49.5. The molecule has 0 spiro atoms. The van der Waals surface area contributed by atoms with E-state index in [1.54, 1.807) is 6.92 Å². The van der Waals surface area contributed by atoms with E-state index < -0.39 is 33.4 Å². The van der Waals surface area contributed by atoms with Crippen molar-refractivity contribution >= 4 is 27.3 Å². The molecule has 0 saturated heterocycles. The molecule has 24 heavy (non-hydrogen) atoms. The molecule has 0 aliphatic heterocycles. The molecule has 0 radical (unpaired) electrons. The first-order valence-electron chi connectivity index (χ1n) is 6.85. The van der Waals surface area contributed by atoms with Crippen molar-refractivity contribution in [3.05, 3.63) is 64.2 Å². The van der Waals surface area contributed by atoms with Crippen LogP contribution < -0.4 is 5.32 Å². The number of carbonyl (C=O) groups excluding carboxylic acids is 1. The minimum absolute atomic E-state index is 0.0164. The highest BCUT2D eigenvalue weighted by atomic mass is 35.5. The monoisotopic (exact) mass is 373 g/mol. The highest BCUT2D eigenvalue weighted by Gasteiger charge is 2.18. The number of amides is 1. The summed E-state index contributed by atoms with van der Waals surface area (Å²) in [6.45, 7) is 1.60. The van der Waals surface area contributed by atoms with Crippen molar-refractivity contribution in [2.24, 2.45) is 0 Å². The van der Waals surface area contributed by atoms with Gasteiger partial charge in [-0.3, -0.25) is 4.79 Å². The third-order valence-corrected chi connectivity index (χ3v) is 4.96. The van der Waals surface area contributed by atoms with Crippen molar-refractivity contribution < 1.29 is 22.0 Å². The van der Waals surface area contributed by atoms with Gasteiger partial charge in [-0.2, -0.15) is 0 Å². The largest absolute Gasteiger partial charge is 0.346 e.